The molecule has 4 amide bonds. The molecule has 33 heavy (non-hydrogen) atoms. The number of amides is 4. The molecular weight excluding hydrogens is 487 g/mol. The van der Waals surface area contributed by atoms with Crippen molar-refractivity contribution >= 4 is 64.4 Å². The molecule has 1 saturated heterocycles. The summed E-state index contributed by atoms with van der Waals surface area (Å²) in [6, 6.07) is 17.4. The number of urea groups is 1. The molecule has 3 aromatic carbocycles. The first kappa shape index (κ1) is 22.9. The van der Waals surface area contributed by atoms with Crippen molar-refractivity contribution in [3.8, 4) is 5.75 Å². The summed E-state index contributed by atoms with van der Waals surface area (Å²) in [5.41, 5.74) is 1.43. The van der Waals surface area contributed by atoms with E-state index < -0.39 is 17.8 Å². The van der Waals surface area contributed by atoms with Crippen LogP contribution in [0.15, 0.2) is 72.3 Å². The molecule has 166 valence electrons. The highest BCUT2D eigenvalue weighted by atomic mass is 35.5. The standard InChI is InChI=1S/C24H15Cl3N2O4/c25-16-5-7-18(8-6-16)29-23(31)19(22(30)28-24(29)32)11-14-4-9-21(20(27)12-14)33-13-15-2-1-3-17(26)10-15/h1-12H,13H2,(H,28,30,32)/b19-11+. The Morgan fingerprint density at radius 2 is 1.64 bits per heavy atom. The normalized spacial score (nSPS) is 15.1. The van der Waals surface area contributed by atoms with Crippen LogP contribution < -0.4 is 15.0 Å². The van der Waals surface area contributed by atoms with Crippen LogP contribution in [0.3, 0.4) is 0 Å². The number of benzene rings is 3. The van der Waals surface area contributed by atoms with Gasteiger partial charge in [0.05, 0.1) is 10.7 Å². The van der Waals surface area contributed by atoms with Crippen molar-refractivity contribution in [2.24, 2.45) is 0 Å². The summed E-state index contributed by atoms with van der Waals surface area (Å²) in [4.78, 5) is 38.4. The number of halogens is 3. The Labute approximate surface area is 204 Å². The minimum atomic E-state index is -0.840. The number of imide groups is 2. The molecule has 3 aromatic rings. The van der Waals surface area contributed by atoms with Gasteiger partial charge in [0, 0.05) is 10.0 Å². The number of nitrogens with one attached hydrogen (secondary N) is 1. The lowest BCUT2D eigenvalue weighted by atomic mass is 10.1. The van der Waals surface area contributed by atoms with Gasteiger partial charge in [0.25, 0.3) is 11.8 Å². The van der Waals surface area contributed by atoms with E-state index in [4.69, 9.17) is 39.5 Å². The van der Waals surface area contributed by atoms with Crippen LogP contribution in [-0.4, -0.2) is 17.8 Å². The van der Waals surface area contributed by atoms with Gasteiger partial charge >= 0.3 is 6.03 Å². The van der Waals surface area contributed by atoms with Crippen LogP contribution in [-0.2, 0) is 16.2 Å². The van der Waals surface area contributed by atoms with Gasteiger partial charge in [-0.1, -0.05) is 53.0 Å². The van der Waals surface area contributed by atoms with Crippen molar-refractivity contribution in [2.75, 3.05) is 4.90 Å². The maximum absolute atomic E-state index is 12.9. The fourth-order valence-corrected chi connectivity index (χ4v) is 3.74. The quantitative estimate of drug-likeness (QED) is 0.349. The zero-order chi connectivity index (χ0) is 23.5. The topological polar surface area (TPSA) is 75.7 Å². The van der Waals surface area contributed by atoms with E-state index in [1.807, 2.05) is 12.1 Å². The third-order valence-electron chi connectivity index (χ3n) is 4.74. The predicted octanol–water partition coefficient (Wildman–Crippen LogP) is 5.89. The average Bonchev–Trinajstić information content (AvgIpc) is 2.77. The Kier molecular flexibility index (Phi) is 6.70. The average molecular weight is 502 g/mol. The van der Waals surface area contributed by atoms with Gasteiger partial charge in [-0.3, -0.25) is 14.9 Å². The molecule has 1 N–H and O–H groups in total. The monoisotopic (exact) mass is 500 g/mol. The smallest absolute Gasteiger partial charge is 0.335 e. The van der Waals surface area contributed by atoms with Crippen LogP contribution in [0.5, 0.6) is 5.75 Å². The van der Waals surface area contributed by atoms with Crippen LogP contribution in [0.4, 0.5) is 10.5 Å². The van der Waals surface area contributed by atoms with E-state index in [-0.39, 0.29) is 17.9 Å². The molecule has 6 nitrogen and oxygen atoms in total. The molecular formula is C24H15Cl3N2O4. The summed E-state index contributed by atoms with van der Waals surface area (Å²) < 4.78 is 5.74. The first-order valence-corrected chi connectivity index (χ1v) is 10.8. The number of carbonyl (C=O) groups is 3. The van der Waals surface area contributed by atoms with Gasteiger partial charge in [-0.05, 0) is 65.7 Å². The summed E-state index contributed by atoms with van der Waals surface area (Å²) in [7, 11) is 0. The Hall–Kier alpha value is -3.32. The molecule has 0 unspecified atom stereocenters. The highest BCUT2D eigenvalue weighted by molar-refractivity contribution is 6.39. The van der Waals surface area contributed by atoms with Gasteiger partial charge in [-0.15, -0.1) is 0 Å². The van der Waals surface area contributed by atoms with Crippen molar-refractivity contribution in [3.05, 3.63) is 98.5 Å². The fourth-order valence-electron chi connectivity index (χ4n) is 3.16. The number of carbonyl (C=O) groups excluding carboxylic acids is 3. The lowest BCUT2D eigenvalue weighted by Crippen LogP contribution is -2.54. The molecule has 1 aliphatic heterocycles. The molecule has 4 rings (SSSR count). The van der Waals surface area contributed by atoms with Crippen molar-refractivity contribution in [1.29, 1.82) is 0 Å². The van der Waals surface area contributed by atoms with Crippen LogP contribution in [0.1, 0.15) is 11.1 Å². The second-order valence-corrected chi connectivity index (χ2v) is 8.32. The van der Waals surface area contributed by atoms with E-state index in [0.717, 1.165) is 10.5 Å². The second kappa shape index (κ2) is 9.67. The minimum absolute atomic E-state index is 0.215. The van der Waals surface area contributed by atoms with Crippen molar-refractivity contribution in [3.63, 3.8) is 0 Å². The summed E-state index contributed by atoms with van der Waals surface area (Å²) in [6.45, 7) is 0.264. The molecule has 0 saturated carbocycles. The molecule has 0 atom stereocenters. The number of hydrogen-bond acceptors (Lipinski definition) is 4. The van der Waals surface area contributed by atoms with Crippen LogP contribution in [0, 0.1) is 0 Å². The molecule has 0 aromatic heterocycles. The Morgan fingerprint density at radius 1 is 0.879 bits per heavy atom. The second-order valence-electron chi connectivity index (χ2n) is 7.04. The number of nitrogens with zero attached hydrogens (tertiary/aromatic N) is 1. The summed E-state index contributed by atoms with van der Waals surface area (Å²) in [5.74, 6) is -1.13. The molecule has 1 aliphatic rings. The van der Waals surface area contributed by atoms with Gasteiger partial charge < -0.3 is 4.74 Å². The van der Waals surface area contributed by atoms with Gasteiger partial charge in [-0.2, -0.15) is 0 Å². The Balaban J connectivity index is 1.56. The van der Waals surface area contributed by atoms with Gasteiger partial charge in [0.1, 0.15) is 17.9 Å². The highest BCUT2D eigenvalue weighted by Gasteiger charge is 2.36. The predicted molar refractivity (Wildman–Crippen MR) is 128 cm³/mol. The molecule has 1 fully saturated rings. The third kappa shape index (κ3) is 5.20. The van der Waals surface area contributed by atoms with Crippen LogP contribution in [0.25, 0.3) is 6.08 Å². The number of rotatable bonds is 5. The van der Waals surface area contributed by atoms with Crippen LogP contribution >= 0.6 is 34.8 Å². The lowest BCUT2D eigenvalue weighted by molar-refractivity contribution is -0.122. The minimum Gasteiger partial charge on any atom is -0.487 e. The van der Waals surface area contributed by atoms with E-state index in [1.54, 1.807) is 42.5 Å². The van der Waals surface area contributed by atoms with Gasteiger partial charge in [-0.25, -0.2) is 9.69 Å². The number of ether oxygens (including phenoxy) is 1. The van der Waals surface area contributed by atoms with E-state index >= 15 is 0 Å². The maximum atomic E-state index is 12.9. The first-order chi connectivity index (χ1) is 15.8. The zero-order valence-electron chi connectivity index (χ0n) is 16.8. The SMILES string of the molecule is O=C1NC(=O)N(c2ccc(Cl)cc2)C(=O)/C1=C/c1ccc(OCc2cccc(Cl)c2)c(Cl)c1. The largest absolute Gasteiger partial charge is 0.487 e. The maximum Gasteiger partial charge on any atom is 0.335 e. The molecule has 0 aliphatic carbocycles. The van der Waals surface area contributed by atoms with E-state index in [0.29, 0.717) is 26.4 Å². The van der Waals surface area contributed by atoms with Crippen molar-refractivity contribution in [2.45, 2.75) is 6.61 Å². The number of anilines is 1. The first-order valence-electron chi connectivity index (χ1n) is 9.65. The summed E-state index contributed by atoms with van der Waals surface area (Å²) in [6.07, 6.45) is 1.36. The lowest BCUT2D eigenvalue weighted by Gasteiger charge is -2.26. The van der Waals surface area contributed by atoms with Crippen LogP contribution in [0.2, 0.25) is 15.1 Å². The Bertz CT molecular complexity index is 1290. The van der Waals surface area contributed by atoms with Gasteiger partial charge in [0.15, 0.2) is 0 Å². The molecule has 0 bridgehead atoms. The van der Waals surface area contributed by atoms with E-state index in [2.05, 4.69) is 5.32 Å². The molecule has 9 heteroatoms. The highest BCUT2D eigenvalue weighted by Crippen LogP contribution is 2.29. The summed E-state index contributed by atoms with van der Waals surface area (Å²) in [5, 5.41) is 3.51. The zero-order valence-corrected chi connectivity index (χ0v) is 19.1. The van der Waals surface area contributed by atoms with Gasteiger partial charge in [0.2, 0.25) is 0 Å². The van der Waals surface area contributed by atoms with Crippen molar-refractivity contribution in [1.82, 2.24) is 5.32 Å². The summed E-state index contributed by atoms with van der Waals surface area (Å²) >= 11 is 18.2. The fraction of sp³-hybridized carbons (Fsp3) is 0.0417. The van der Waals surface area contributed by atoms with E-state index in [1.165, 1.54) is 18.2 Å². The molecule has 0 radical (unpaired) electrons. The molecule has 0 spiro atoms. The third-order valence-corrected chi connectivity index (χ3v) is 5.52. The van der Waals surface area contributed by atoms with Crippen molar-refractivity contribution < 1.29 is 19.1 Å². The number of hydrogen-bond donors (Lipinski definition) is 1. The molecule has 1 heterocycles. The number of barbiturate groups is 1. The van der Waals surface area contributed by atoms with E-state index in [9.17, 15) is 14.4 Å². The Morgan fingerprint density at radius 3 is 2.33 bits per heavy atom.